The molecule has 11 heteroatoms. The van der Waals surface area contributed by atoms with Gasteiger partial charge in [-0.05, 0) is 67.7 Å². The van der Waals surface area contributed by atoms with Gasteiger partial charge in [-0.2, -0.15) is 10.1 Å². The molecule has 1 atom stereocenters. The normalized spacial score (nSPS) is 16.6. The van der Waals surface area contributed by atoms with E-state index in [2.05, 4.69) is 31.7 Å². The molecule has 10 nitrogen and oxygen atoms in total. The van der Waals surface area contributed by atoms with E-state index < -0.39 is 20.5 Å². The lowest BCUT2D eigenvalue weighted by Gasteiger charge is -2.39. The standard InChI is InChI=1S/C22H29N7O3S/c1-13(29(3,4)30)18-12-19(27-28(18)2)33(31,32)22-24-21(25-26-22)23-20-16-9-5-7-14(16)11-15-8-6-10-17(15)20/h11-13H,5-10H2,1-4H3,(H2,23,24,25,26). The van der Waals surface area contributed by atoms with Crippen LogP contribution >= 0.6 is 0 Å². The van der Waals surface area contributed by atoms with Crippen molar-refractivity contribution >= 4 is 21.5 Å². The molecule has 0 saturated carbocycles. The number of H-pyrrole nitrogens is 1. The molecular formula is C22H29N7O3S. The lowest BCUT2D eigenvalue weighted by molar-refractivity contribution is -0.871. The molecule has 2 N–H and O–H groups in total. The van der Waals surface area contributed by atoms with E-state index in [1.165, 1.54) is 47.1 Å². The number of anilines is 2. The first kappa shape index (κ1) is 22.1. The largest absolute Gasteiger partial charge is 0.633 e. The van der Waals surface area contributed by atoms with Gasteiger partial charge in [0.1, 0.15) is 6.04 Å². The third-order valence-electron chi connectivity index (χ3n) is 6.96. The maximum absolute atomic E-state index is 13.2. The average molecular weight is 472 g/mol. The highest BCUT2D eigenvalue weighted by Crippen LogP contribution is 2.39. The maximum Gasteiger partial charge on any atom is 0.260 e. The molecule has 0 saturated heterocycles. The van der Waals surface area contributed by atoms with Crippen molar-refractivity contribution in [1.29, 1.82) is 0 Å². The zero-order valence-electron chi connectivity index (χ0n) is 19.3. The molecule has 33 heavy (non-hydrogen) atoms. The fourth-order valence-corrected chi connectivity index (χ4v) is 5.97. The van der Waals surface area contributed by atoms with Crippen molar-refractivity contribution in [2.45, 2.75) is 61.7 Å². The number of quaternary nitrogens is 1. The monoisotopic (exact) mass is 471 g/mol. The Morgan fingerprint density at radius 2 is 1.76 bits per heavy atom. The summed E-state index contributed by atoms with van der Waals surface area (Å²) in [6, 6.07) is 3.29. The Hall–Kier alpha value is -2.76. The molecular weight excluding hydrogens is 442 g/mol. The van der Waals surface area contributed by atoms with Crippen molar-refractivity contribution in [1.82, 2.24) is 25.0 Å². The first-order valence-electron chi connectivity index (χ1n) is 11.3. The van der Waals surface area contributed by atoms with Crippen LogP contribution in [0.3, 0.4) is 0 Å². The van der Waals surface area contributed by atoms with Crippen LogP contribution in [0.5, 0.6) is 0 Å². The third kappa shape index (κ3) is 3.73. The summed E-state index contributed by atoms with van der Waals surface area (Å²) in [5.74, 6) is 0.227. The van der Waals surface area contributed by atoms with E-state index in [-0.39, 0.29) is 16.1 Å². The Bertz CT molecular complexity index is 1300. The van der Waals surface area contributed by atoms with Crippen molar-refractivity contribution in [3.8, 4) is 0 Å². The second-order valence-corrected chi connectivity index (χ2v) is 11.3. The van der Waals surface area contributed by atoms with E-state index in [1.807, 2.05) is 0 Å². The van der Waals surface area contributed by atoms with Crippen LogP contribution in [-0.4, -0.2) is 52.1 Å². The number of aryl methyl sites for hydroxylation is 3. The lowest BCUT2D eigenvalue weighted by Crippen LogP contribution is -2.36. The zero-order valence-corrected chi connectivity index (χ0v) is 20.2. The molecule has 2 aliphatic rings. The third-order valence-corrected chi connectivity index (χ3v) is 8.40. The fraction of sp³-hybridized carbons (Fsp3) is 0.500. The first-order chi connectivity index (χ1) is 15.6. The minimum atomic E-state index is -4.02. The van der Waals surface area contributed by atoms with Gasteiger partial charge in [-0.1, -0.05) is 6.07 Å². The molecule has 0 fully saturated rings. The SMILES string of the molecule is CC(c1cc(S(=O)(=O)c2nc(Nc3c4c(cc5c3CCC5)CCC4)n[nH]2)nn1C)[N+](C)(C)[O-]. The molecule has 5 rings (SSSR count). The number of aromatic amines is 1. The average Bonchev–Trinajstić information content (AvgIpc) is 3.52. The van der Waals surface area contributed by atoms with Crippen LogP contribution in [0.15, 0.2) is 22.3 Å². The van der Waals surface area contributed by atoms with Crippen LogP contribution in [0.1, 0.15) is 53.8 Å². The Kier molecular flexibility index (Phi) is 5.11. The number of benzene rings is 1. The fourth-order valence-electron chi connectivity index (χ4n) is 4.90. The van der Waals surface area contributed by atoms with Gasteiger partial charge in [0, 0.05) is 18.8 Å². The summed E-state index contributed by atoms with van der Waals surface area (Å²) in [5.41, 5.74) is 6.91. The van der Waals surface area contributed by atoms with Crippen molar-refractivity contribution < 1.29 is 13.1 Å². The number of sulfone groups is 1. The number of aromatic nitrogens is 5. The molecule has 2 aliphatic carbocycles. The number of hydroxylamine groups is 3. The Balaban J connectivity index is 1.46. The maximum atomic E-state index is 13.2. The van der Waals surface area contributed by atoms with E-state index in [0.29, 0.717) is 5.69 Å². The molecule has 176 valence electrons. The molecule has 0 spiro atoms. The highest BCUT2D eigenvalue weighted by Gasteiger charge is 2.31. The van der Waals surface area contributed by atoms with Gasteiger partial charge in [-0.25, -0.2) is 13.5 Å². The van der Waals surface area contributed by atoms with Crippen molar-refractivity contribution in [3.63, 3.8) is 0 Å². The predicted octanol–water partition coefficient (Wildman–Crippen LogP) is 2.73. The Labute approximate surface area is 193 Å². The quantitative estimate of drug-likeness (QED) is 0.418. The molecule has 0 aliphatic heterocycles. The van der Waals surface area contributed by atoms with Crippen molar-refractivity contribution in [3.05, 3.63) is 45.3 Å². The second kappa shape index (κ2) is 7.64. The lowest BCUT2D eigenvalue weighted by atomic mass is 9.99. The number of fused-ring (bicyclic) bond motifs is 2. The molecule has 2 heterocycles. The molecule has 0 bridgehead atoms. The van der Waals surface area contributed by atoms with E-state index in [4.69, 9.17) is 0 Å². The Morgan fingerprint density at radius 1 is 1.12 bits per heavy atom. The Morgan fingerprint density at radius 3 is 2.36 bits per heavy atom. The van der Waals surface area contributed by atoms with E-state index in [0.717, 1.165) is 44.2 Å². The summed E-state index contributed by atoms with van der Waals surface area (Å²) in [4.78, 5) is 4.26. The van der Waals surface area contributed by atoms with Crippen LogP contribution in [0.4, 0.5) is 11.6 Å². The van der Waals surface area contributed by atoms with Gasteiger partial charge in [0.15, 0.2) is 5.03 Å². The van der Waals surface area contributed by atoms with Gasteiger partial charge in [0.2, 0.25) is 5.95 Å². The minimum absolute atomic E-state index is 0.163. The predicted molar refractivity (Wildman–Crippen MR) is 123 cm³/mol. The molecule has 0 amide bonds. The number of hydrogen-bond donors (Lipinski definition) is 2. The summed E-state index contributed by atoms with van der Waals surface area (Å²) >= 11 is 0. The van der Waals surface area contributed by atoms with Gasteiger partial charge in [0.05, 0.1) is 19.8 Å². The number of nitrogens with zero attached hydrogens (tertiary/aromatic N) is 5. The van der Waals surface area contributed by atoms with Crippen LogP contribution in [-0.2, 0) is 42.6 Å². The first-order valence-corrected chi connectivity index (χ1v) is 12.7. The van der Waals surface area contributed by atoms with Crippen LogP contribution < -0.4 is 5.32 Å². The number of rotatable bonds is 6. The van der Waals surface area contributed by atoms with Gasteiger partial charge in [-0.3, -0.25) is 4.68 Å². The van der Waals surface area contributed by atoms with E-state index in [1.54, 1.807) is 14.0 Å². The van der Waals surface area contributed by atoms with E-state index >= 15 is 0 Å². The summed E-state index contributed by atoms with van der Waals surface area (Å²) in [6.07, 6.45) is 6.40. The van der Waals surface area contributed by atoms with Crippen LogP contribution in [0.25, 0.3) is 0 Å². The van der Waals surface area contributed by atoms with Gasteiger partial charge < -0.3 is 15.2 Å². The molecule has 1 aromatic carbocycles. The van der Waals surface area contributed by atoms with Gasteiger partial charge in [-0.15, -0.1) is 5.10 Å². The summed E-state index contributed by atoms with van der Waals surface area (Å²) in [7, 11) is 0.628. The molecule has 2 aromatic heterocycles. The van der Waals surface area contributed by atoms with E-state index in [9.17, 15) is 13.6 Å². The van der Waals surface area contributed by atoms with Crippen molar-refractivity contribution in [2.24, 2.45) is 7.05 Å². The van der Waals surface area contributed by atoms with Crippen molar-refractivity contribution in [2.75, 3.05) is 19.4 Å². The van der Waals surface area contributed by atoms with Gasteiger partial charge in [0.25, 0.3) is 15.0 Å². The summed E-state index contributed by atoms with van der Waals surface area (Å²) < 4.78 is 27.2. The molecule has 3 aromatic rings. The minimum Gasteiger partial charge on any atom is -0.633 e. The second-order valence-electron chi connectivity index (χ2n) is 9.47. The highest BCUT2D eigenvalue weighted by molar-refractivity contribution is 7.91. The van der Waals surface area contributed by atoms with Gasteiger partial charge >= 0.3 is 0 Å². The van der Waals surface area contributed by atoms with Crippen LogP contribution in [0, 0.1) is 5.21 Å². The number of nitrogens with one attached hydrogen (secondary N) is 2. The molecule has 0 radical (unpaired) electrons. The number of hydrogen-bond acceptors (Lipinski definition) is 7. The smallest absolute Gasteiger partial charge is 0.260 e. The van der Waals surface area contributed by atoms with Crippen LogP contribution in [0.2, 0.25) is 0 Å². The highest BCUT2D eigenvalue weighted by atomic mass is 32.2. The molecule has 1 unspecified atom stereocenters. The zero-order chi connectivity index (χ0) is 23.5. The summed E-state index contributed by atoms with van der Waals surface area (Å²) in [5, 5.41) is 26.1. The summed E-state index contributed by atoms with van der Waals surface area (Å²) in [6.45, 7) is 1.74. The topological polar surface area (TPSA) is 129 Å².